The Morgan fingerprint density at radius 1 is 0.467 bits per heavy atom. The highest BCUT2D eigenvalue weighted by molar-refractivity contribution is 14.1. The molecule has 0 atom stereocenters. The third kappa shape index (κ3) is 7.35. The van der Waals surface area contributed by atoms with E-state index in [4.69, 9.17) is 19.4 Å². The molecule has 60 heavy (non-hydrogen) atoms. The largest absolute Gasteiger partial charge is 0.421 e. The maximum Gasteiger partial charge on any atom is 0.305 e. The van der Waals surface area contributed by atoms with E-state index < -0.39 is 18.2 Å². The van der Waals surface area contributed by atoms with Crippen molar-refractivity contribution in [2.75, 3.05) is 0 Å². The van der Waals surface area contributed by atoms with Crippen molar-refractivity contribution in [1.29, 1.82) is 0 Å². The molecule has 0 saturated heterocycles. The van der Waals surface area contributed by atoms with Crippen LogP contribution in [0.25, 0.3) is 67.1 Å². The van der Waals surface area contributed by atoms with Crippen molar-refractivity contribution in [3.05, 3.63) is 191 Å². The zero-order valence-corrected chi connectivity index (χ0v) is 34.7. The fraction of sp³-hybridized carbons (Fsp3) is 0.0612. The van der Waals surface area contributed by atoms with Gasteiger partial charge in [0.2, 0.25) is 11.6 Å². The van der Waals surface area contributed by atoms with E-state index in [0.29, 0.717) is 5.56 Å². The first kappa shape index (κ1) is 38.3. The molecule has 11 rings (SSSR count). The van der Waals surface area contributed by atoms with Gasteiger partial charge in [-0.25, -0.2) is 9.97 Å². The van der Waals surface area contributed by atoms with E-state index >= 15 is 0 Å². The number of hydrogen-bond donors (Lipinski definition) is 0. The summed E-state index contributed by atoms with van der Waals surface area (Å²) in [5.74, 6) is 0.915. The molecule has 11 aromatic rings. The monoisotopic (exact) mass is 900 g/mol. The van der Waals surface area contributed by atoms with E-state index in [9.17, 15) is 9.59 Å². The predicted octanol–water partition coefficient (Wildman–Crippen LogP) is 11.3. The molecule has 4 heterocycles. The van der Waals surface area contributed by atoms with E-state index in [1.165, 1.54) is 39.5 Å². The minimum atomic E-state index is -0.957. The molecule has 7 aromatic carbocycles. The molecule has 0 aliphatic rings. The van der Waals surface area contributed by atoms with Gasteiger partial charge in [-0.05, 0) is 101 Å². The van der Waals surface area contributed by atoms with Crippen molar-refractivity contribution in [2.24, 2.45) is 0 Å². The quantitative estimate of drug-likeness (QED) is 0.0970. The number of para-hydroxylation sites is 8. The Bertz CT molecular complexity index is 3280. The molecule has 4 aromatic heterocycles. The Balaban J connectivity index is 0.000000119. The van der Waals surface area contributed by atoms with Crippen LogP contribution in [0.1, 0.15) is 25.7 Å². The summed E-state index contributed by atoms with van der Waals surface area (Å²) in [6.07, 6.45) is -0.957. The number of nitrogens with zero attached hydrogens (tertiary/aromatic N) is 6. The van der Waals surface area contributed by atoms with Crippen LogP contribution in [0.4, 0.5) is 0 Å². The van der Waals surface area contributed by atoms with Gasteiger partial charge in [0.05, 0.1) is 44.1 Å². The molecular formula is C49H37IN6O4. The van der Waals surface area contributed by atoms with Crippen LogP contribution < -0.4 is 0 Å². The topological polar surface area (TPSA) is 97.1 Å². The van der Waals surface area contributed by atoms with Gasteiger partial charge in [0.1, 0.15) is 0 Å². The molecule has 0 aliphatic carbocycles. The molecule has 0 aliphatic heterocycles. The molecule has 0 bridgehead atoms. The second-order valence-corrected chi connectivity index (χ2v) is 15.1. The van der Waals surface area contributed by atoms with E-state index in [0.717, 1.165) is 45.0 Å². The zero-order valence-electron chi connectivity index (χ0n) is 32.6. The average molecular weight is 901 g/mol. The van der Waals surface area contributed by atoms with E-state index in [2.05, 4.69) is 168 Å². The fourth-order valence-corrected chi connectivity index (χ4v) is 7.93. The highest BCUT2D eigenvalue weighted by Gasteiger charge is 2.19. The van der Waals surface area contributed by atoms with Gasteiger partial charge in [-0.1, -0.05) is 103 Å². The molecule has 0 spiro atoms. The van der Waals surface area contributed by atoms with Crippen molar-refractivity contribution in [1.82, 2.24) is 27.9 Å². The maximum absolute atomic E-state index is 10.8. The zero-order chi connectivity index (χ0) is 41.2. The summed E-state index contributed by atoms with van der Waals surface area (Å²) >= 11 is 2.36. The van der Waals surface area contributed by atoms with Gasteiger partial charge in [0, 0.05) is 34.4 Å². The molecule has 0 fully saturated rings. The lowest BCUT2D eigenvalue weighted by molar-refractivity contribution is -0.186. The smallest absolute Gasteiger partial charge is 0.305 e. The van der Waals surface area contributed by atoms with E-state index in [1.807, 2.05) is 30.3 Å². The first-order valence-electron chi connectivity index (χ1n) is 19.3. The SMILES string of the molecule is CC(=O)OC(OC(C)=O)c1ccccc1.Ic1ccc2c(c1)n1c3ccccc3nc1n2-c1ccccc1.c1ccc(-n2c3ccccc3n3c4ccccc4nc23)cc1. The number of aromatic nitrogens is 6. The van der Waals surface area contributed by atoms with Crippen molar-refractivity contribution in [3.8, 4) is 11.4 Å². The molecular weight excluding hydrogens is 863 g/mol. The Hall–Kier alpha value is -7.25. The minimum Gasteiger partial charge on any atom is -0.421 e. The number of imidazole rings is 4. The molecule has 0 N–H and O–H groups in total. The van der Waals surface area contributed by atoms with Crippen LogP contribution in [0.15, 0.2) is 182 Å². The number of rotatable bonds is 5. The lowest BCUT2D eigenvalue weighted by Gasteiger charge is -2.16. The molecule has 294 valence electrons. The first-order chi connectivity index (χ1) is 29.4. The van der Waals surface area contributed by atoms with Crippen LogP contribution in [-0.2, 0) is 19.1 Å². The second kappa shape index (κ2) is 16.5. The number of esters is 2. The number of carbonyl (C=O) groups excluding carboxylic acids is 2. The van der Waals surface area contributed by atoms with E-state index in [1.54, 1.807) is 24.3 Å². The number of fused-ring (bicyclic) bond motifs is 10. The molecule has 0 saturated carbocycles. The Labute approximate surface area is 358 Å². The number of ether oxygens (including phenoxy) is 2. The summed E-state index contributed by atoms with van der Waals surface area (Å²) in [4.78, 5) is 31.3. The van der Waals surface area contributed by atoms with Crippen molar-refractivity contribution in [2.45, 2.75) is 20.1 Å². The van der Waals surface area contributed by atoms with Crippen LogP contribution >= 0.6 is 22.6 Å². The van der Waals surface area contributed by atoms with Crippen LogP contribution in [0.3, 0.4) is 0 Å². The third-order valence-corrected chi connectivity index (χ3v) is 10.6. The van der Waals surface area contributed by atoms with Gasteiger partial charge in [0.25, 0.3) is 6.29 Å². The van der Waals surface area contributed by atoms with Crippen LogP contribution in [0.2, 0.25) is 0 Å². The van der Waals surface area contributed by atoms with Gasteiger partial charge in [-0.15, -0.1) is 0 Å². The summed E-state index contributed by atoms with van der Waals surface area (Å²) in [6, 6.07) is 61.2. The predicted molar refractivity (Wildman–Crippen MR) is 244 cm³/mol. The number of halogens is 1. The van der Waals surface area contributed by atoms with Crippen molar-refractivity contribution >= 4 is 90.2 Å². The second-order valence-electron chi connectivity index (χ2n) is 13.9. The minimum absolute atomic E-state index is 0.495. The standard InChI is InChI=1S/C19H12IN3.C19H13N3.C11H12O4/c20-13-10-11-17-18(12-13)23-16-9-5-4-8-15(16)21-19(23)22(17)14-6-2-1-3-7-14;1-2-8-14(9-3-1)21-17-12-6-7-13-18(17)22-16-11-5-4-10-15(16)20-19(21)22;1-8(12)14-11(15-9(2)13)10-6-4-3-5-7-10/h1-12H;1-13H;3-7,11H,1-2H3. The molecule has 0 unspecified atom stereocenters. The lowest BCUT2D eigenvalue weighted by Crippen LogP contribution is -2.14. The van der Waals surface area contributed by atoms with Crippen molar-refractivity contribution in [3.63, 3.8) is 0 Å². The third-order valence-electron chi connectivity index (χ3n) is 9.92. The molecule has 10 nitrogen and oxygen atoms in total. The Kier molecular flexibility index (Phi) is 10.6. The van der Waals surface area contributed by atoms with E-state index in [-0.39, 0.29) is 0 Å². The summed E-state index contributed by atoms with van der Waals surface area (Å²) in [5, 5.41) is 0. The number of hydrogen-bond acceptors (Lipinski definition) is 6. The average Bonchev–Trinajstić information content (AvgIpc) is 4.01. The molecule has 11 heteroatoms. The fourth-order valence-electron chi connectivity index (χ4n) is 7.46. The van der Waals surface area contributed by atoms with Gasteiger partial charge >= 0.3 is 11.9 Å². The number of benzene rings is 7. The maximum atomic E-state index is 10.8. The highest BCUT2D eigenvalue weighted by Crippen LogP contribution is 2.31. The summed E-state index contributed by atoms with van der Waals surface area (Å²) in [6.45, 7) is 2.53. The Morgan fingerprint density at radius 3 is 1.37 bits per heavy atom. The van der Waals surface area contributed by atoms with Crippen LogP contribution in [-0.4, -0.2) is 39.8 Å². The summed E-state index contributed by atoms with van der Waals surface area (Å²) < 4.78 is 19.9. The normalized spacial score (nSPS) is 11.2. The van der Waals surface area contributed by atoms with Crippen LogP contribution in [0, 0.1) is 3.57 Å². The van der Waals surface area contributed by atoms with Gasteiger partial charge in [0.15, 0.2) is 0 Å². The molecule has 0 radical (unpaired) electrons. The van der Waals surface area contributed by atoms with Gasteiger partial charge < -0.3 is 9.47 Å². The number of carbonyl (C=O) groups is 2. The van der Waals surface area contributed by atoms with Crippen molar-refractivity contribution < 1.29 is 19.1 Å². The van der Waals surface area contributed by atoms with Gasteiger partial charge in [-0.2, -0.15) is 0 Å². The summed E-state index contributed by atoms with van der Waals surface area (Å²) in [5.41, 5.74) is 11.9. The van der Waals surface area contributed by atoms with Gasteiger partial charge in [-0.3, -0.25) is 27.5 Å². The summed E-state index contributed by atoms with van der Waals surface area (Å²) in [7, 11) is 0. The highest BCUT2D eigenvalue weighted by atomic mass is 127. The van der Waals surface area contributed by atoms with Crippen LogP contribution in [0.5, 0.6) is 0 Å². The molecule has 0 amide bonds. The first-order valence-corrected chi connectivity index (χ1v) is 20.4. The lowest BCUT2D eigenvalue weighted by atomic mass is 10.2. The Morgan fingerprint density at radius 2 is 0.867 bits per heavy atom.